The summed E-state index contributed by atoms with van der Waals surface area (Å²) in [5, 5.41) is 9.36. The lowest BCUT2D eigenvalue weighted by Gasteiger charge is -2.12. The molecular weight excluding hydrogens is 336 g/mol. The largest absolute Gasteiger partial charge is 0.493 e. The van der Waals surface area contributed by atoms with E-state index in [0.717, 1.165) is 29.0 Å². The number of thioether (sulfide) groups is 1. The first-order valence-corrected chi connectivity index (χ1v) is 9.47. The zero-order valence-corrected chi connectivity index (χ0v) is 15.9. The molecule has 0 saturated heterocycles. The number of ether oxygens (including phenoxy) is 1. The van der Waals surface area contributed by atoms with E-state index in [1.807, 2.05) is 24.3 Å². The van der Waals surface area contributed by atoms with Crippen LogP contribution >= 0.6 is 11.8 Å². The number of nitrogens with zero attached hydrogens (tertiary/aromatic N) is 3. The molecule has 7 heteroatoms. The van der Waals surface area contributed by atoms with Crippen molar-refractivity contribution in [1.82, 2.24) is 14.8 Å². The first kappa shape index (κ1) is 19.3. The molecule has 0 spiro atoms. The fourth-order valence-electron chi connectivity index (χ4n) is 2.32. The summed E-state index contributed by atoms with van der Waals surface area (Å²) in [5.41, 5.74) is 6.46. The Bertz CT molecular complexity index is 683. The van der Waals surface area contributed by atoms with Gasteiger partial charge < -0.3 is 15.0 Å². The third-order valence-corrected chi connectivity index (χ3v) is 4.47. The van der Waals surface area contributed by atoms with Gasteiger partial charge in [-0.15, -0.1) is 10.2 Å². The van der Waals surface area contributed by atoms with E-state index in [4.69, 9.17) is 10.5 Å². The predicted octanol–water partition coefficient (Wildman–Crippen LogP) is 2.83. The van der Waals surface area contributed by atoms with E-state index in [0.29, 0.717) is 18.9 Å². The maximum absolute atomic E-state index is 11.0. The summed E-state index contributed by atoms with van der Waals surface area (Å²) >= 11 is 1.61. The van der Waals surface area contributed by atoms with Crippen LogP contribution in [0.2, 0.25) is 0 Å². The highest BCUT2D eigenvalue weighted by atomic mass is 32.2. The minimum atomic E-state index is -0.320. The second kappa shape index (κ2) is 9.46. The van der Waals surface area contributed by atoms with Gasteiger partial charge in [-0.05, 0) is 25.0 Å². The van der Waals surface area contributed by atoms with Gasteiger partial charge in [-0.3, -0.25) is 4.79 Å². The smallest absolute Gasteiger partial charge is 0.217 e. The molecule has 0 saturated carbocycles. The highest BCUT2D eigenvalue weighted by Gasteiger charge is 2.14. The molecule has 1 heterocycles. The summed E-state index contributed by atoms with van der Waals surface area (Å²) in [6.07, 6.45) is 0.812. The average molecular weight is 362 g/mol. The predicted molar refractivity (Wildman–Crippen MR) is 99.8 cm³/mol. The van der Waals surface area contributed by atoms with E-state index >= 15 is 0 Å². The molecule has 0 fully saturated rings. The Morgan fingerprint density at radius 1 is 1.28 bits per heavy atom. The van der Waals surface area contributed by atoms with E-state index in [1.54, 1.807) is 11.8 Å². The summed E-state index contributed by atoms with van der Waals surface area (Å²) in [7, 11) is 0. The van der Waals surface area contributed by atoms with Crippen molar-refractivity contribution in [1.29, 1.82) is 0 Å². The van der Waals surface area contributed by atoms with Crippen molar-refractivity contribution in [2.24, 2.45) is 11.7 Å². The van der Waals surface area contributed by atoms with Gasteiger partial charge >= 0.3 is 0 Å². The molecule has 2 N–H and O–H groups in total. The third kappa shape index (κ3) is 6.42. The summed E-state index contributed by atoms with van der Waals surface area (Å²) in [6.45, 7) is 7.76. The quantitative estimate of drug-likeness (QED) is 0.519. The first-order valence-electron chi connectivity index (χ1n) is 8.48. The summed E-state index contributed by atoms with van der Waals surface area (Å²) in [6, 6.07) is 8.02. The van der Waals surface area contributed by atoms with Crippen molar-refractivity contribution in [3.63, 3.8) is 0 Å². The van der Waals surface area contributed by atoms with E-state index in [1.165, 1.54) is 5.56 Å². The lowest BCUT2D eigenvalue weighted by molar-refractivity contribution is -0.118. The summed E-state index contributed by atoms with van der Waals surface area (Å²) in [5.74, 6) is 2.61. The van der Waals surface area contributed by atoms with Crippen molar-refractivity contribution in [2.75, 3.05) is 12.4 Å². The van der Waals surface area contributed by atoms with Crippen LogP contribution < -0.4 is 10.5 Å². The number of aromatic nitrogens is 3. The topological polar surface area (TPSA) is 83.0 Å². The van der Waals surface area contributed by atoms with Gasteiger partial charge in [0.1, 0.15) is 11.6 Å². The maximum atomic E-state index is 11.0. The molecule has 0 aliphatic rings. The molecule has 0 aliphatic heterocycles. The lowest BCUT2D eigenvalue weighted by Crippen LogP contribution is -2.15. The van der Waals surface area contributed by atoms with Crippen LogP contribution in [-0.2, 0) is 17.8 Å². The zero-order chi connectivity index (χ0) is 18.2. The molecule has 1 aromatic carbocycles. The van der Waals surface area contributed by atoms with Crippen molar-refractivity contribution in [3.05, 3.63) is 35.7 Å². The Morgan fingerprint density at radius 3 is 2.64 bits per heavy atom. The molecular formula is C18H26N4O2S. The van der Waals surface area contributed by atoms with Crippen molar-refractivity contribution in [3.8, 4) is 5.75 Å². The molecule has 25 heavy (non-hydrogen) atoms. The van der Waals surface area contributed by atoms with Crippen LogP contribution in [0.1, 0.15) is 31.7 Å². The fourth-order valence-corrected chi connectivity index (χ4v) is 3.10. The summed E-state index contributed by atoms with van der Waals surface area (Å²) < 4.78 is 7.84. The second-order valence-corrected chi connectivity index (χ2v) is 7.44. The van der Waals surface area contributed by atoms with Gasteiger partial charge in [0, 0.05) is 25.1 Å². The maximum Gasteiger partial charge on any atom is 0.217 e. The number of carbonyl (C=O) groups is 1. The molecule has 0 aliphatic carbocycles. The number of amides is 1. The molecule has 1 aromatic heterocycles. The van der Waals surface area contributed by atoms with Crippen LogP contribution in [0, 0.1) is 12.8 Å². The highest BCUT2D eigenvalue weighted by molar-refractivity contribution is 7.99. The Balaban J connectivity index is 1.91. The SMILES string of the molecule is Cc1ccc(OCCSc2nnc(CCC(N)=O)n2CC(C)C)cc1. The van der Waals surface area contributed by atoms with Gasteiger partial charge in [-0.25, -0.2) is 0 Å². The number of carbonyl (C=O) groups excluding carboxylic acids is 1. The van der Waals surface area contributed by atoms with Gasteiger partial charge in [0.05, 0.1) is 6.61 Å². The van der Waals surface area contributed by atoms with Crippen molar-refractivity contribution < 1.29 is 9.53 Å². The number of aryl methyl sites for hydroxylation is 2. The number of hydrogen-bond acceptors (Lipinski definition) is 5. The minimum absolute atomic E-state index is 0.289. The van der Waals surface area contributed by atoms with E-state index in [2.05, 4.69) is 35.5 Å². The van der Waals surface area contributed by atoms with Crippen molar-refractivity contribution >= 4 is 17.7 Å². The molecule has 0 bridgehead atoms. The standard InChI is InChI=1S/C18H26N4O2S/c1-13(2)12-22-17(9-8-16(19)23)20-21-18(22)25-11-10-24-15-6-4-14(3)5-7-15/h4-7,13H,8-12H2,1-3H3,(H2,19,23). The van der Waals surface area contributed by atoms with E-state index in [-0.39, 0.29) is 12.3 Å². The van der Waals surface area contributed by atoms with Gasteiger partial charge in [-0.2, -0.15) is 0 Å². The van der Waals surface area contributed by atoms with E-state index < -0.39 is 0 Å². The number of rotatable bonds is 10. The van der Waals surface area contributed by atoms with Crippen LogP contribution in [0.25, 0.3) is 0 Å². The molecule has 0 radical (unpaired) electrons. The summed E-state index contributed by atoms with van der Waals surface area (Å²) in [4.78, 5) is 11.0. The third-order valence-electron chi connectivity index (χ3n) is 3.54. The molecule has 0 atom stereocenters. The highest BCUT2D eigenvalue weighted by Crippen LogP contribution is 2.20. The Kier molecular flexibility index (Phi) is 7.31. The average Bonchev–Trinajstić information content (AvgIpc) is 2.92. The molecule has 136 valence electrons. The first-order chi connectivity index (χ1) is 12.0. The second-order valence-electron chi connectivity index (χ2n) is 6.38. The van der Waals surface area contributed by atoms with E-state index in [9.17, 15) is 4.79 Å². The monoisotopic (exact) mass is 362 g/mol. The zero-order valence-electron chi connectivity index (χ0n) is 15.1. The Morgan fingerprint density at radius 2 is 2.00 bits per heavy atom. The Hall–Kier alpha value is -2.02. The van der Waals surface area contributed by atoms with Crippen molar-refractivity contribution in [2.45, 2.75) is 45.3 Å². The lowest BCUT2D eigenvalue weighted by atomic mass is 10.2. The van der Waals surface area contributed by atoms with Gasteiger partial charge in [0.15, 0.2) is 5.16 Å². The normalized spacial score (nSPS) is 11.0. The molecule has 2 rings (SSSR count). The minimum Gasteiger partial charge on any atom is -0.493 e. The number of hydrogen-bond donors (Lipinski definition) is 1. The molecule has 1 amide bonds. The van der Waals surface area contributed by atoms with Gasteiger partial charge in [-0.1, -0.05) is 43.3 Å². The van der Waals surface area contributed by atoms with Gasteiger partial charge in [0.2, 0.25) is 5.91 Å². The van der Waals surface area contributed by atoms with Crippen LogP contribution in [0.3, 0.4) is 0 Å². The number of benzene rings is 1. The Labute approximate surface area is 153 Å². The number of primary amides is 1. The van der Waals surface area contributed by atoms with Gasteiger partial charge in [0.25, 0.3) is 0 Å². The van der Waals surface area contributed by atoms with Crippen LogP contribution in [0.5, 0.6) is 5.75 Å². The fraction of sp³-hybridized carbons (Fsp3) is 0.500. The van der Waals surface area contributed by atoms with Crippen LogP contribution in [0.15, 0.2) is 29.4 Å². The molecule has 6 nitrogen and oxygen atoms in total. The molecule has 0 unspecified atom stereocenters. The number of nitrogens with two attached hydrogens (primary N) is 1. The molecule has 2 aromatic rings. The van der Waals surface area contributed by atoms with Crippen LogP contribution in [0.4, 0.5) is 0 Å². The van der Waals surface area contributed by atoms with Crippen LogP contribution in [-0.4, -0.2) is 33.0 Å².